The summed E-state index contributed by atoms with van der Waals surface area (Å²) >= 11 is 0.689. The Balaban J connectivity index is 1.80. The van der Waals surface area contributed by atoms with Crippen molar-refractivity contribution in [3.8, 4) is 5.69 Å². The first-order valence-corrected chi connectivity index (χ1v) is 9.49. The van der Waals surface area contributed by atoms with Crippen molar-refractivity contribution < 1.29 is 22.0 Å². The predicted molar refractivity (Wildman–Crippen MR) is 100 cm³/mol. The number of hydrogen-bond acceptors (Lipinski definition) is 5. The van der Waals surface area contributed by atoms with Crippen molar-refractivity contribution in [2.45, 2.75) is 17.3 Å². The molecule has 4 aromatic rings. The average Bonchev–Trinajstić information content (AvgIpc) is 3.18. The lowest BCUT2D eigenvalue weighted by Gasteiger charge is -2.12. The van der Waals surface area contributed by atoms with Gasteiger partial charge in [0, 0.05) is 29.1 Å². The number of aromatic nitrogens is 5. The summed E-state index contributed by atoms with van der Waals surface area (Å²) in [5.74, 6) is -3.96. The minimum Gasteiger partial charge on any atom is -0.324 e. The van der Waals surface area contributed by atoms with Crippen LogP contribution in [-0.2, 0) is 5.75 Å². The summed E-state index contributed by atoms with van der Waals surface area (Å²) in [6, 6.07) is 3.21. The second kappa shape index (κ2) is 7.98. The second-order valence-corrected chi connectivity index (χ2v) is 7.16. The smallest absolute Gasteiger partial charge is 0.285 e. The van der Waals surface area contributed by atoms with Gasteiger partial charge in [-0.05, 0) is 18.2 Å². The van der Waals surface area contributed by atoms with Gasteiger partial charge in [0.1, 0.15) is 11.6 Å². The second-order valence-electron chi connectivity index (χ2n) is 6.22. The number of nitrogens with zero attached hydrogens (tertiary/aromatic N) is 4. The fourth-order valence-electron chi connectivity index (χ4n) is 2.78. The number of H-pyrrole nitrogens is 1. The number of thioether (sulfide) groups is 1. The van der Waals surface area contributed by atoms with Crippen molar-refractivity contribution in [3.63, 3.8) is 0 Å². The van der Waals surface area contributed by atoms with Crippen LogP contribution in [0, 0.1) is 17.5 Å². The highest BCUT2D eigenvalue weighted by Crippen LogP contribution is 2.29. The van der Waals surface area contributed by atoms with E-state index in [1.54, 1.807) is 0 Å². The van der Waals surface area contributed by atoms with Crippen molar-refractivity contribution in [3.05, 3.63) is 85.9 Å². The first kappa shape index (κ1) is 20.8. The Labute approximate surface area is 173 Å². The lowest BCUT2D eigenvalue weighted by atomic mass is 10.1. The molecular formula is C18H10F5N5O2S. The van der Waals surface area contributed by atoms with Gasteiger partial charge in [0.25, 0.3) is 17.5 Å². The molecule has 0 aliphatic rings. The number of rotatable bonds is 5. The topological polar surface area (TPSA) is 85.1 Å². The van der Waals surface area contributed by atoms with Crippen molar-refractivity contribution in [1.29, 1.82) is 0 Å². The highest BCUT2D eigenvalue weighted by molar-refractivity contribution is 7.98. The fraction of sp³-hybridized carbons (Fsp3) is 0.111. The number of pyridine rings is 1. The van der Waals surface area contributed by atoms with Crippen LogP contribution in [0.25, 0.3) is 11.2 Å². The minimum absolute atomic E-state index is 0.0228. The number of fused-ring (bicyclic) bond motifs is 1. The molecule has 7 nitrogen and oxygen atoms in total. The Kier molecular flexibility index (Phi) is 5.35. The Bertz CT molecular complexity index is 1390. The highest BCUT2D eigenvalue weighted by atomic mass is 32.2. The number of nitrogens with one attached hydrogen (secondary N) is 1. The van der Waals surface area contributed by atoms with Crippen LogP contribution in [0.5, 0.6) is 0 Å². The molecule has 160 valence electrons. The third kappa shape index (κ3) is 3.83. The van der Waals surface area contributed by atoms with Gasteiger partial charge in [0.05, 0.1) is 11.9 Å². The molecule has 0 saturated heterocycles. The van der Waals surface area contributed by atoms with Crippen molar-refractivity contribution in [2.75, 3.05) is 0 Å². The average molecular weight is 455 g/mol. The van der Waals surface area contributed by atoms with Crippen LogP contribution in [0.1, 0.15) is 17.6 Å². The van der Waals surface area contributed by atoms with E-state index < -0.39 is 51.9 Å². The predicted octanol–water partition coefficient (Wildman–Crippen LogP) is 3.22. The number of halogens is 5. The van der Waals surface area contributed by atoms with Crippen LogP contribution in [0.3, 0.4) is 0 Å². The maximum Gasteiger partial charge on any atom is 0.285 e. The molecule has 0 amide bonds. The van der Waals surface area contributed by atoms with Gasteiger partial charge in [-0.1, -0.05) is 11.8 Å². The maximum absolute atomic E-state index is 14.2. The van der Waals surface area contributed by atoms with Gasteiger partial charge < -0.3 is 4.98 Å². The molecule has 3 heterocycles. The van der Waals surface area contributed by atoms with Crippen LogP contribution in [-0.4, -0.2) is 24.4 Å². The summed E-state index contributed by atoms with van der Waals surface area (Å²) in [6.07, 6.45) is -0.683. The molecule has 1 aromatic carbocycles. The van der Waals surface area contributed by atoms with Gasteiger partial charge >= 0.3 is 0 Å². The fourth-order valence-corrected chi connectivity index (χ4v) is 3.78. The lowest BCUT2D eigenvalue weighted by Crippen LogP contribution is -2.25. The molecule has 1 N–H and O–H groups in total. The standard InChI is InChI=1S/C18H10F5N5O2S/c19-11-3-8(15(22)23)4-12(20)10(11)7-31-18-26-28-14(1-2-25-28)17(30)27(18)9-5-13(21)16(29)24-6-9/h1-6,15H,7H2,(H,24,29). The van der Waals surface area contributed by atoms with Gasteiger partial charge in [0.2, 0.25) is 0 Å². The molecule has 0 atom stereocenters. The zero-order valence-electron chi connectivity index (χ0n) is 15.2. The van der Waals surface area contributed by atoms with E-state index in [0.717, 1.165) is 21.5 Å². The SMILES string of the molecule is O=c1[nH]cc(-n2c(SCc3c(F)cc(C(F)F)cc3F)nn3nccc3c2=O)cc1F. The molecule has 4 rings (SSSR count). The molecule has 0 saturated carbocycles. The Morgan fingerprint density at radius 2 is 1.77 bits per heavy atom. The molecule has 13 heteroatoms. The number of hydrogen-bond donors (Lipinski definition) is 1. The van der Waals surface area contributed by atoms with Crippen molar-refractivity contribution >= 4 is 17.3 Å². The summed E-state index contributed by atoms with van der Waals surface area (Å²) in [4.78, 5) is 26.3. The van der Waals surface area contributed by atoms with Gasteiger partial charge in [-0.15, -0.1) is 9.73 Å². The van der Waals surface area contributed by atoms with E-state index in [1.807, 2.05) is 0 Å². The molecular weight excluding hydrogens is 445 g/mol. The summed E-state index contributed by atoms with van der Waals surface area (Å²) in [5.41, 5.74) is -3.07. The van der Waals surface area contributed by atoms with E-state index in [0.29, 0.717) is 23.9 Å². The van der Waals surface area contributed by atoms with Crippen molar-refractivity contribution in [1.82, 2.24) is 24.4 Å². The highest BCUT2D eigenvalue weighted by Gasteiger charge is 2.20. The lowest BCUT2D eigenvalue weighted by molar-refractivity contribution is 0.150. The normalized spacial score (nSPS) is 11.5. The summed E-state index contributed by atoms with van der Waals surface area (Å²) in [7, 11) is 0. The summed E-state index contributed by atoms with van der Waals surface area (Å²) < 4.78 is 69.5. The molecule has 0 aliphatic heterocycles. The molecule has 0 radical (unpaired) electrons. The molecule has 3 aromatic heterocycles. The summed E-state index contributed by atoms with van der Waals surface area (Å²) in [6.45, 7) is 0. The molecule has 0 aliphatic carbocycles. The Morgan fingerprint density at radius 1 is 1.06 bits per heavy atom. The molecule has 0 bridgehead atoms. The molecule has 0 unspecified atom stereocenters. The van der Waals surface area contributed by atoms with Crippen LogP contribution in [0.4, 0.5) is 22.0 Å². The Morgan fingerprint density at radius 3 is 2.42 bits per heavy atom. The number of alkyl halides is 2. The van der Waals surface area contributed by atoms with Gasteiger partial charge in [-0.3, -0.25) is 14.2 Å². The van der Waals surface area contributed by atoms with Gasteiger partial charge in [0.15, 0.2) is 16.5 Å². The minimum atomic E-state index is -3.05. The van der Waals surface area contributed by atoms with Crippen LogP contribution in [0.2, 0.25) is 0 Å². The number of aromatic amines is 1. The van der Waals surface area contributed by atoms with E-state index in [1.165, 1.54) is 12.3 Å². The molecule has 0 spiro atoms. The maximum atomic E-state index is 14.2. The van der Waals surface area contributed by atoms with Crippen LogP contribution in [0.15, 0.2) is 51.4 Å². The zero-order chi connectivity index (χ0) is 22.3. The van der Waals surface area contributed by atoms with Gasteiger partial charge in [-0.2, -0.15) is 5.10 Å². The van der Waals surface area contributed by atoms with E-state index in [9.17, 15) is 31.5 Å². The summed E-state index contributed by atoms with van der Waals surface area (Å²) in [5, 5.41) is 7.81. The van der Waals surface area contributed by atoms with Crippen LogP contribution < -0.4 is 11.1 Å². The van der Waals surface area contributed by atoms with E-state index in [-0.39, 0.29) is 16.4 Å². The van der Waals surface area contributed by atoms with E-state index in [4.69, 9.17) is 0 Å². The van der Waals surface area contributed by atoms with E-state index >= 15 is 0 Å². The van der Waals surface area contributed by atoms with Crippen LogP contribution >= 0.6 is 11.8 Å². The van der Waals surface area contributed by atoms with Gasteiger partial charge in [-0.25, -0.2) is 22.0 Å². The largest absolute Gasteiger partial charge is 0.324 e. The molecule has 31 heavy (non-hydrogen) atoms. The third-order valence-electron chi connectivity index (χ3n) is 4.28. The quantitative estimate of drug-likeness (QED) is 0.369. The molecule has 0 fully saturated rings. The van der Waals surface area contributed by atoms with Crippen molar-refractivity contribution in [2.24, 2.45) is 0 Å². The zero-order valence-corrected chi connectivity index (χ0v) is 16.0. The first-order chi connectivity index (χ1) is 14.8. The number of benzene rings is 1. The Hall–Kier alpha value is -3.48. The van der Waals surface area contributed by atoms with E-state index in [2.05, 4.69) is 15.2 Å². The third-order valence-corrected chi connectivity index (χ3v) is 5.23. The first-order valence-electron chi connectivity index (χ1n) is 8.50. The monoisotopic (exact) mass is 455 g/mol.